The molecule has 0 saturated heterocycles. The standard InChI is InChI=1S/C23H26N4O/c1-4-27(5-2)22-11-9-19(10-12-22)26-23(28)18-14-21(16-24-15-18)25-20-8-6-7-17(3)13-20/h6-16,25H,4-5H2,1-3H3,(H,26,28). The molecule has 0 fully saturated rings. The molecule has 5 nitrogen and oxygen atoms in total. The average molecular weight is 374 g/mol. The zero-order valence-electron chi connectivity index (χ0n) is 16.6. The Morgan fingerprint density at radius 3 is 2.36 bits per heavy atom. The fourth-order valence-electron chi connectivity index (χ4n) is 3.07. The number of hydrogen-bond donors (Lipinski definition) is 2. The van der Waals surface area contributed by atoms with Crippen molar-refractivity contribution in [2.75, 3.05) is 28.6 Å². The molecule has 0 saturated carbocycles. The molecule has 1 heterocycles. The molecule has 2 N–H and O–H groups in total. The zero-order valence-corrected chi connectivity index (χ0v) is 16.6. The maximum atomic E-state index is 12.6. The summed E-state index contributed by atoms with van der Waals surface area (Å²) in [5.74, 6) is -0.184. The molecule has 2 aromatic carbocycles. The van der Waals surface area contributed by atoms with Crippen LogP contribution in [0.5, 0.6) is 0 Å². The second-order valence-electron chi connectivity index (χ2n) is 6.63. The molecule has 28 heavy (non-hydrogen) atoms. The second kappa shape index (κ2) is 9.04. The molecule has 1 aromatic heterocycles. The van der Waals surface area contributed by atoms with Gasteiger partial charge in [-0.2, -0.15) is 0 Å². The summed E-state index contributed by atoms with van der Waals surface area (Å²) in [6, 6.07) is 17.8. The Kier molecular flexibility index (Phi) is 6.27. The van der Waals surface area contributed by atoms with E-state index in [0.29, 0.717) is 5.56 Å². The van der Waals surface area contributed by atoms with Crippen LogP contribution in [-0.4, -0.2) is 24.0 Å². The van der Waals surface area contributed by atoms with E-state index < -0.39 is 0 Å². The molecular weight excluding hydrogens is 348 g/mol. The van der Waals surface area contributed by atoms with Crippen LogP contribution < -0.4 is 15.5 Å². The first kappa shape index (κ1) is 19.4. The number of nitrogens with one attached hydrogen (secondary N) is 2. The van der Waals surface area contributed by atoms with Gasteiger partial charge < -0.3 is 15.5 Å². The van der Waals surface area contributed by atoms with Gasteiger partial charge in [-0.25, -0.2) is 0 Å². The van der Waals surface area contributed by atoms with Crippen LogP contribution >= 0.6 is 0 Å². The lowest BCUT2D eigenvalue weighted by molar-refractivity contribution is 0.102. The fourth-order valence-corrected chi connectivity index (χ4v) is 3.07. The van der Waals surface area contributed by atoms with Crippen LogP contribution in [-0.2, 0) is 0 Å². The molecule has 1 amide bonds. The van der Waals surface area contributed by atoms with E-state index in [1.165, 1.54) is 5.56 Å². The van der Waals surface area contributed by atoms with Crippen LogP contribution in [0.25, 0.3) is 0 Å². The topological polar surface area (TPSA) is 57.3 Å². The van der Waals surface area contributed by atoms with Gasteiger partial charge in [0.2, 0.25) is 0 Å². The minimum absolute atomic E-state index is 0.184. The van der Waals surface area contributed by atoms with E-state index in [4.69, 9.17) is 0 Å². The van der Waals surface area contributed by atoms with Crippen molar-refractivity contribution < 1.29 is 4.79 Å². The quantitative estimate of drug-likeness (QED) is 0.594. The summed E-state index contributed by atoms with van der Waals surface area (Å²) in [5.41, 5.74) is 5.32. The highest BCUT2D eigenvalue weighted by Gasteiger charge is 2.09. The number of carbonyl (C=O) groups is 1. The first-order chi connectivity index (χ1) is 13.6. The summed E-state index contributed by atoms with van der Waals surface area (Å²) in [6.07, 6.45) is 3.28. The number of nitrogens with zero attached hydrogens (tertiary/aromatic N) is 2. The smallest absolute Gasteiger partial charge is 0.257 e. The first-order valence-corrected chi connectivity index (χ1v) is 9.54. The van der Waals surface area contributed by atoms with Gasteiger partial charge >= 0.3 is 0 Å². The summed E-state index contributed by atoms with van der Waals surface area (Å²) in [4.78, 5) is 19.1. The Balaban J connectivity index is 1.69. The summed E-state index contributed by atoms with van der Waals surface area (Å²) < 4.78 is 0. The number of aryl methyl sites for hydroxylation is 1. The van der Waals surface area contributed by atoms with Crippen molar-refractivity contribution in [3.63, 3.8) is 0 Å². The van der Waals surface area contributed by atoms with Crippen molar-refractivity contribution in [1.82, 2.24) is 4.98 Å². The van der Waals surface area contributed by atoms with E-state index in [9.17, 15) is 4.79 Å². The van der Waals surface area contributed by atoms with Crippen molar-refractivity contribution in [3.05, 3.63) is 78.1 Å². The highest BCUT2D eigenvalue weighted by atomic mass is 16.1. The zero-order chi connectivity index (χ0) is 19.9. The predicted molar refractivity (Wildman–Crippen MR) is 117 cm³/mol. The summed E-state index contributed by atoms with van der Waals surface area (Å²) in [5, 5.41) is 6.22. The first-order valence-electron chi connectivity index (χ1n) is 9.54. The Morgan fingerprint density at radius 1 is 0.929 bits per heavy atom. The van der Waals surface area contributed by atoms with Crippen LogP contribution in [0.2, 0.25) is 0 Å². The van der Waals surface area contributed by atoms with E-state index in [2.05, 4.69) is 34.4 Å². The number of amides is 1. The molecule has 0 aliphatic rings. The van der Waals surface area contributed by atoms with Crippen molar-refractivity contribution in [1.29, 1.82) is 0 Å². The Hall–Kier alpha value is -3.34. The van der Waals surface area contributed by atoms with E-state index in [1.54, 1.807) is 18.5 Å². The fraction of sp³-hybridized carbons (Fsp3) is 0.217. The molecule has 3 aromatic rings. The summed E-state index contributed by atoms with van der Waals surface area (Å²) >= 11 is 0. The van der Waals surface area contributed by atoms with Crippen molar-refractivity contribution in [3.8, 4) is 0 Å². The van der Waals surface area contributed by atoms with Crippen molar-refractivity contribution in [2.45, 2.75) is 20.8 Å². The lowest BCUT2D eigenvalue weighted by atomic mass is 10.2. The maximum Gasteiger partial charge on any atom is 0.257 e. The van der Waals surface area contributed by atoms with Gasteiger partial charge in [0, 0.05) is 36.3 Å². The third-order valence-corrected chi connectivity index (χ3v) is 4.56. The number of pyridine rings is 1. The number of anilines is 4. The lowest BCUT2D eigenvalue weighted by Gasteiger charge is -2.21. The van der Waals surface area contributed by atoms with Gasteiger partial charge in [-0.15, -0.1) is 0 Å². The lowest BCUT2D eigenvalue weighted by Crippen LogP contribution is -2.21. The number of carbonyl (C=O) groups excluding carboxylic acids is 1. The minimum atomic E-state index is -0.184. The minimum Gasteiger partial charge on any atom is -0.372 e. The molecule has 0 spiro atoms. The van der Waals surface area contributed by atoms with Crippen LogP contribution in [0, 0.1) is 6.92 Å². The number of aromatic nitrogens is 1. The second-order valence-corrected chi connectivity index (χ2v) is 6.63. The maximum absolute atomic E-state index is 12.6. The molecule has 0 unspecified atom stereocenters. The highest BCUT2D eigenvalue weighted by molar-refractivity contribution is 6.04. The third-order valence-electron chi connectivity index (χ3n) is 4.56. The molecule has 3 rings (SSSR count). The molecule has 0 aliphatic carbocycles. The van der Waals surface area contributed by atoms with Gasteiger partial charge in [0.1, 0.15) is 0 Å². The molecule has 0 radical (unpaired) electrons. The molecule has 144 valence electrons. The normalized spacial score (nSPS) is 10.4. The summed E-state index contributed by atoms with van der Waals surface area (Å²) in [6.45, 7) is 8.20. The SMILES string of the molecule is CCN(CC)c1ccc(NC(=O)c2cncc(Nc3cccc(C)c3)c2)cc1. The van der Waals surface area contributed by atoms with E-state index in [1.807, 2.05) is 55.5 Å². The van der Waals surface area contributed by atoms with E-state index >= 15 is 0 Å². The van der Waals surface area contributed by atoms with Gasteiger partial charge in [-0.1, -0.05) is 12.1 Å². The Labute approximate surface area is 166 Å². The van der Waals surface area contributed by atoms with Gasteiger partial charge in [-0.05, 0) is 68.8 Å². The molecule has 5 heteroatoms. The Bertz CT molecular complexity index is 933. The average Bonchev–Trinajstić information content (AvgIpc) is 2.70. The number of hydrogen-bond acceptors (Lipinski definition) is 4. The van der Waals surface area contributed by atoms with Crippen LogP contribution in [0.1, 0.15) is 29.8 Å². The molecular formula is C23H26N4O. The molecule has 0 aliphatic heterocycles. The van der Waals surface area contributed by atoms with Gasteiger partial charge in [-0.3, -0.25) is 9.78 Å². The van der Waals surface area contributed by atoms with Gasteiger partial charge in [0.25, 0.3) is 5.91 Å². The third kappa shape index (κ3) is 4.88. The molecule has 0 atom stereocenters. The van der Waals surface area contributed by atoms with Crippen LogP contribution in [0.3, 0.4) is 0 Å². The Morgan fingerprint density at radius 2 is 1.68 bits per heavy atom. The van der Waals surface area contributed by atoms with Crippen LogP contribution in [0.15, 0.2) is 67.0 Å². The van der Waals surface area contributed by atoms with E-state index in [-0.39, 0.29) is 5.91 Å². The largest absolute Gasteiger partial charge is 0.372 e. The van der Waals surface area contributed by atoms with Gasteiger partial charge in [0.15, 0.2) is 0 Å². The number of benzene rings is 2. The van der Waals surface area contributed by atoms with Crippen molar-refractivity contribution >= 4 is 28.7 Å². The molecule has 0 bridgehead atoms. The van der Waals surface area contributed by atoms with Crippen molar-refractivity contribution in [2.24, 2.45) is 0 Å². The number of rotatable bonds is 7. The monoisotopic (exact) mass is 374 g/mol. The summed E-state index contributed by atoms with van der Waals surface area (Å²) in [7, 11) is 0. The van der Waals surface area contributed by atoms with Crippen LogP contribution in [0.4, 0.5) is 22.7 Å². The van der Waals surface area contributed by atoms with E-state index in [0.717, 1.165) is 35.8 Å². The predicted octanol–water partition coefficient (Wildman–Crippen LogP) is 5.23. The highest BCUT2D eigenvalue weighted by Crippen LogP contribution is 2.20. The van der Waals surface area contributed by atoms with Gasteiger partial charge in [0.05, 0.1) is 17.4 Å².